The molecule has 0 aliphatic carbocycles. The monoisotopic (exact) mass is 312 g/mol. The maximum Gasteiger partial charge on any atom is 0.245 e. The van der Waals surface area contributed by atoms with E-state index in [0.29, 0.717) is 25.6 Å². The molecule has 2 rings (SSSR count). The summed E-state index contributed by atoms with van der Waals surface area (Å²) >= 11 is 0. The SMILES string of the molecule is Cl.NCC1CCN(S(=O)(=O)c2ccc(F)cc2F)C1. The lowest BCUT2D eigenvalue weighted by Crippen LogP contribution is -2.30. The molecule has 1 atom stereocenters. The molecule has 1 saturated heterocycles. The Bertz CT molecular complexity index is 554. The molecule has 1 aromatic carbocycles. The highest BCUT2D eigenvalue weighted by atomic mass is 35.5. The Morgan fingerprint density at radius 1 is 1.37 bits per heavy atom. The molecule has 1 aromatic rings. The third kappa shape index (κ3) is 3.22. The molecule has 1 aliphatic heterocycles. The van der Waals surface area contributed by atoms with Gasteiger partial charge in [-0.15, -0.1) is 12.4 Å². The largest absolute Gasteiger partial charge is 0.330 e. The van der Waals surface area contributed by atoms with Gasteiger partial charge in [0.2, 0.25) is 10.0 Å². The number of nitrogens with zero attached hydrogens (tertiary/aromatic N) is 1. The maximum atomic E-state index is 13.5. The Balaban J connectivity index is 0.00000180. The van der Waals surface area contributed by atoms with Crippen LogP contribution >= 0.6 is 12.4 Å². The zero-order valence-electron chi connectivity index (χ0n) is 10.1. The minimum absolute atomic E-state index is 0. The zero-order valence-corrected chi connectivity index (χ0v) is 11.7. The molecule has 2 N–H and O–H groups in total. The van der Waals surface area contributed by atoms with Gasteiger partial charge in [-0.1, -0.05) is 0 Å². The predicted octanol–water partition coefficient (Wildman–Crippen LogP) is 1.36. The van der Waals surface area contributed by atoms with E-state index in [1.54, 1.807) is 0 Å². The van der Waals surface area contributed by atoms with E-state index in [1.807, 2.05) is 0 Å². The number of nitrogens with two attached hydrogens (primary N) is 1. The third-order valence-corrected chi connectivity index (χ3v) is 4.99. The van der Waals surface area contributed by atoms with Crippen LogP contribution in [0.15, 0.2) is 23.1 Å². The van der Waals surface area contributed by atoms with Crippen LogP contribution in [-0.4, -0.2) is 32.4 Å². The van der Waals surface area contributed by atoms with Gasteiger partial charge in [0.15, 0.2) is 0 Å². The molecule has 1 unspecified atom stereocenters. The van der Waals surface area contributed by atoms with Crippen LogP contribution in [0.2, 0.25) is 0 Å². The maximum absolute atomic E-state index is 13.5. The lowest BCUT2D eigenvalue weighted by molar-refractivity contribution is 0.452. The van der Waals surface area contributed by atoms with E-state index in [2.05, 4.69) is 0 Å². The summed E-state index contributed by atoms with van der Waals surface area (Å²) in [6.45, 7) is 1.01. The van der Waals surface area contributed by atoms with Crippen molar-refractivity contribution in [1.82, 2.24) is 4.31 Å². The predicted molar refractivity (Wildman–Crippen MR) is 69.5 cm³/mol. The van der Waals surface area contributed by atoms with Crippen molar-refractivity contribution in [3.05, 3.63) is 29.8 Å². The van der Waals surface area contributed by atoms with Crippen molar-refractivity contribution in [2.24, 2.45) is 11.7 Å². The number of hydrogen-bond acceptors (Lipinski definition) is 3. The quantitative estimate of drug-likeness (QED) is 0.916. The second-order valence-corrected chi connectivity index (χ2v) is 6.23. The van der Waals surface area contributed by atoms with E-state index in [1.165, 1.54) is 4.31 Å². The topological polar surface area (TPSA) is 63.4 Å². The molecule has 108 valence electrons. The van der Waals surface area contributed by atoms with Gasteiger partial charge in [-0.2, -0.15) is 4.31 Å². The van der Waals surface area contributed by atoms with Crippen molar-refractivity contribution < 1.29 is 17.2 Å². The van der Waals surface area contributed by atoms with Crippen molar-refractivity contribution in [2.75, 3.05) is 19.6 Å². The van der Waals surface area contributed by atoms with Gasteiger partial charge in [-0.25, -0.2) is 17.2 Å². The second-order valence-electron chi connectivity index (χ2n) is 4.33. The van der Waals surface area contributed by atoms with Crippen LogP contribution in [0.4, 0.5) is 8.78 Å². The Kier molecular flexibility index (Phi) is 5.26. The first kappa shape index (κ1) is 16.3. The van der Waals surface area contributed by atoms with Crippen molar-refractivity contribution in [1.29, 1.82) is 0 Å². The first-order valence-electron chi connectivity index (χ1n) is 5.60. The van der Waals surface area contributed by atoms with Crippen LogP contribution in [-0.2, 0) is 10.0 Å². The minimum atomic E-state index is -3.89. The summed E-state index contributed by atoms with van der Waals surface area (Å²) in [6, 6.07) is 2.46. The molecule has 0 bridgehead atoms. The number of halogens is 3. The highest BCUT2D eigenvalue weighted by Crippen LogP contribution is 2.25. The smallest absolute Gasteiger partial charge is 0.245 e. The summed E-state index contributed by atoms with van der Waals surface area (Å²) in [4.78, 5) is -0.485. The van der Waals surface area contributed by atoms with Gasteiger partial charge in [0, 0.05) is 19.2 Å². The fraction of sp³-hybridized carbons (Fsp3) is 0.455. The number of hydrogen-bond donors (Lipinski definition) is 1. The highest BCUT2D eigenvalue weighted by Gasteiger charge is 2.33. The normalized spacial score (nSPS) is 20.3. The molecule has 1 aliphatic rings. The third-order valence-electron chi connectivity index (χ3n) is 3.09. The lowest BCUT2D eigenvalue weighted by atomic mass is 10.1. The van der Waals surface area contributed by atoms with Gasteiger partial charge in [0.25, 0.3) is 0 Å². The molecule has 1 heterocycles. The van der Waals surface area contributed by atoms with Gasteiger partial charge < -0.3 is 5.73 Å². The number of benzene rings is 1. The molecule has 0 saturated carbocycles. The molecule has 0 spiro atoms. The van der Waals surface area contributed by atoms with E-state index in [0.717, 1.165) is 12.1 Å². The molecular weight excluding hydrogens is 298 g/mol. The van der Waals surface area contributed by atoms with Crippen molar-refractivity contribution >= 4 is 22.4 Å². The van der Waals surface area contributed by atoms with Crippen LogP contribution in [0.25, 0.3) is 0 Å². The first-order chi connectivity index (χ1) is 8.45. The minimum Gasteiger partial charge on any atom is -0.330 e. The Labute approximate surface area is 117 Å². The van der Waals surface area contributed by atoms with Crippen molar-refractivity contribution in [3.63, 3.8) is 0 Å². The average Bonchev–Trinajstić information content (AvgIpc) is 2.77. The number of sulfonamides is 1. The van der Waals surface area contributed by atoms with E-state index < -0.39 is 26.6 Å². The van der Waals surface area contributed by atoms with E-state index >= 15 is 0 Å². The van der Waals surface area contributed by atoms with Crippen LogP contribution in [0.5, 0.6) is 0 Å². The van der Waals surface area contributed by atoms with E-state index in [9.17, 15) is 17.2 Å². The van der Waals surface area contributed by atoms with Crippen molar-refractivity contribution in [3.8, 4) is 0 Å². The van der Waals surface area contributed by atoms with Crippen LogP contribution < -0.4 is 5.73 Å². The van der Waals surface area contributed by atoms with Gasteiger partial charge in [0.05, 0.1) is 0 Å². The molecule has 19 heavy (non-hydrogen) atoms. The van der Waals surface area contributed by atoms with Gasteiger partial charge in [0.1, 0.15) is 16.5 Å². The standard InChI is InChI=1S/C11H14F2N2O2S.ClH/c12-9-1-2-11(10(13)5-9)18(16,17)15-4-3-8(6-14)7-15;/h1-2,5,8H,3-4,6-7,14H2;1H. The summed E-state index contributed by atoms with van der Waals surface area (Å²) in [7, 11) is -3.89. The van der Waals surface area contributed by atoms with Crippen LogP contribution in [0.1, 0.15) is 6.42 Å². The first-order valence-corrected chi connectivity index (χ1v) is 7.04. The Morgan fingerprint density at radius 2 is 2.05 bits per heavy atom. The zero-order chi connectivity index (χ0) is 13.3. The van der Waals surface area contributed by atoms with E-state index in [4.69, 9.17) is 5.73 Å². The van der Waals surface area contributed by atoms with Crippen molar-refractivity contribution in [2.45, 2.75) is 11.3 Å². The molecule has 0 aromatic heterocycles. The van der Waals surface area contributed by atoms with Crippen LogP contribution in [0.3, 0.4) is 0 Å². The van der Waals surface area contributed by atoms with E-state index in [-0.39, 0.29) is 24.9 Å². The van der Waals surface area contributed by atoms with Gasteiger partial charge in [-0.05, 0) is 31.0 Å². The summed E-state index contributed by atoms with van der Waals surface area (Å²) < 4.78 is 51.8. The van der Waals surface area contributed by atoms with Gasteiger partial charge in [-0.3, -0.25) is 0 Å². The Hall–Kier alpha value is -0.760. The fourth-order valence-electron chi connectivity index (χ4n) is 2.03. The summed E-state index contributed by atoms with van der Waals surface area (Å²) in [6.07, 6.45) is 0.665. The number of rotatable bonds is 3. The molecule has 4 nitrogen and oxygen atoms in total. The molecular formula is C11H15ClF2N2O2S. The molecule has 0 radical (unpaired) electrons. The summed E-state index contributed by atoms with van der Waals surface area (Å²) in [5.74, 6) is -1.76. The van der Waals surface area contributed by atoms with Crippen LogP contribution in [0, 0.1) is 17.6 Å². The fourth-order valence-corrected chi connectivity index (χ4v) is 3.61. The average molecular weight is 313 g/mol. The summed E-state index contributed by atoms with van der Waals surface area (Å²) in [5.41, 5.74) is 5.48. The Morgan fingerprint density at radius 3 is 2.58 bits per heavy atom. The molecule has 0 amide bonds. The van der Waals surface area contributed by atoms with Gasteiger partial charge >= 0.3 is 0 Å². The molecule has 8 heteroatoms. The second kappa shape index (κ2) is 6.13. The lowest BCUT2D eigenvalue weighted by Gasteiger charge is -2.16. The highest BCUT2D eigenvalue weighted by molar-refractivity contribution is 7.89. The summed E-state index contributed by atoms with van der Waals surface area (Å²) in [5, 5.41) is 0. The molecule has 1 fully saturated rings.